The van der Waals surface area contributed by atoms with Crippen LogP contribution in [-0.4, -0.2) is 24.0 Å². The van der Waals surface area contributed by atoms with Crippen LogP contribution in [0.3, 0.4) is 0 Å². The third-order valence-electron chi connectivity index (χ3n) is 3.45. The van der Waals surface area contributed by atoms with Crippen molar-refractivity contribution in [1.82, 2.24) is 0 Å². The highest BCUT2D eigenvalue weighted by Gasteiger charge is 2.21. The zero-order chi connectivity index (χ0) is 15.5. The van der Waals surface area contributed by atoms with E-state index >= 15 is 0 Å². The first-order valence-corrected chi connectivity index (χ1v) is 7.74. The monoisotopic (exact) mass is 312 g/mol. The molecule has 0 fully saturated rings. The minimum absolute atomic E-state index is 0.327. The van der Waals surface area contributed by atoms with Crippen LogP contribution in [0.15, 0.2) is 58.4 Å². The van der Waals surface area contributed by atoms with E-state index in [-0.39, 0.29) is 0 Å². The highest BCUT2D eigenvalue weighted by molar-refractivity contribution is 8.00. The van der Waals surface area contributed by atoms with Crippen molar-refractivity contribution in [2.45, 2.75) is 16.6 Å². The Labute approximate surface area is 132 Å². The molecular formula is C17H14NO3S-. The fraction of sp³-hybridized carbons (Fsp3) is 0.176. The average Bonchev–Trinajstić information content (AvgIpc) is 2.74. The Morgan fingerprint density at radius 1 is 1.23 bits per heavy atom. The van der Waals surface area contributed by atoms with E-state index in [9.17, 15) is 9.90 Å². The molecule has 1 heterocycles. The zero-order valence-corrected chi connectivity index (χ0v) is 12.8. The number of methoxy groups -OCH3 is 1. The summed E-state index contributed by atoms with van der Waals surface area (Å²) in [5, 5.41) is 10.7. The molecule has 1 aliphatic heterocycles. The third-order valence-corrected chi connectivity index (χ3v) is 4.70. The summed E-state index contributed by atoms with van der Waals surface area (Å²) < 4.78 is 5.15. The lowest BCUT2D eigenvalue weighted by atomic mass is 10.0. The van der Waals surface area contributed by atoms with E-state index in [1.165, 1.54) is 11.8 Å². The standard InChI is InChI=1S/C17H15NO3S/c1-21-12-8-6-11(7-9-12)14-10-16(17(19)20)22-15-5-3-2-4-13(15)18-14/h2-9,16H,10H2,1H3,(H,19,20)/p-1/t16-/m0/s1. The number of aliphatic carboxylic acids is 1. The lowest BCUT2D eigenvalue weighted by Gasteiger charge is -2.16. The molecule has 3 rings (SSSR count). The van der Waals surface area contributed by atoms with Crippen LogP contribution in [-0.2, 0) is 4.79 Å². The summed E-state index contributed by atoms with van der Waals surface area (Å²) in [7, 11) is 1.61. The van der Waals surface area contributed by atoms with Gasteiger partial charge in [0.05, 0.1) is 24.0 Å². The van der Waals surface area contributed by atoms with Gasteiger partial charge in [-0.2, -0.15) is 0 Å². The molecule has 0 saturated heterocycles. The number of hydrogen-bond acceptors (Lipinski definition) is 5. The van der Waals surface area contributed by atoms with Crippen LogP contribution >= 0.6 is 11.8 Å². The molecule has 0 unspecified atom stereocenters. The second-order valence-electron chi connectivity index (χ2n) is 4.88. The Morgan fingerprint density at radius 3 is 2.64 bits per heavy atom. The second kappa shape index (κ2) is 6.23. The number of para-hydroxylation sites is 1. The van der Waals surface area contributed by atoms with E-state index in [2.05, 4.69) is 4.99 Å². The first kappa shape index (κ1) is 14.7. The van der Waals surface area contributed by atoms with Gasteiger partial charge in [-0.3, -0.25) is 4.99 Å². The van der Waals surface area contributed by atoms with Crippen molar-refractivity contribution in [3.63, 3.8) is 0 Å². The van der Waals surface area contributed by atoms with Crippen LogP contribution in [0.25, 0.3) is 0 Å². The van der Waals surface area contributed by atoms with Gasteiger partial charge in [0.2, 0.25) is 0 Å². The van der Waals surface area contributed by atoms with Gasteiger partial charge in [-0.25, -0.2) is 0 Å². The number of nitrogens with zero attached hydrogens (tertiary/aromatic N) is 1. The average molecular weight is 312 g/mol. The van der Waals surface area contributed by atoms with Gasteiger partial charge in [-0.15, -0.1) is 11.8 Å². The van der Waals surface area contributed by atoms with Crippen molar-refractivity contribution < 1.29 is 14.6 Å². The summed E-state index contributed by atoms with van der Waals surface area (Å²) >= 11 is 1.29. The predicted octanol–water partition coefficient (Wildman–Crippen LogP) is 2.43. The smallest absolute Gasteiger partial charge is 0.118 e. The van der Waals surface area contributed by atoms with Crippen molar-refractivity contribution in [2.24, 2.45) is 4.99 Å². The molecule has 0 aromatic heterocycles. The number of hydrogen-bond donors (Lipinski definition) is 0. The van der Waals surface area contributed by atoms with Crippen molar-refractivity contribution in [3.8, 4) is 5.75 Å². The molecule has 0 spiro atoms. The van der Waals surface area contributed by atoms with Crippen molar-refractivity contribution in [1.29, 1.82) is 0 Å². The summed E-state index contributed by atoms with van der Waals surface area (Å²) in [5.74, 6) is -0.313. The molecule has 112 valence electrons. The molecule has 2 aromatic carbocycles. The molecule has 0 aliphatic carbocycles. The molecule has 1 aliphatic rings. The summed E-state index contributed by atoms with van der Waals surface area (Å²) in [6.07, 6.45) is 0.327. The number of benzene rings is 2. The van der Waals surface area contributed by atoms with E-state index < -0.39 is 11.2 Å². The first-order chi connectivity index (χ1) is 10.7. The normalized spacial score (nSPS) is 17.1. The van der Waals surface area contributed by atoms with Crippen LogP contribution in [0.2, 0.25) is 0 Å². The molecule has 22 heavy (non-hydrogen) atoms. The summed E-state index contributed by atoms with van der Waals surface area (Å²) in [6, 6.07) is 15.0. The van der Waals surface area contributed by atoms with Crippen LogP contribution < -0.4 is 9.84 Å². The Balaban J connectivity index is 2.04. The Morgan fingerprint density at radius 2 is 1.95 bits per heavy atom. The maximum absolute atomic E-state index is 11.4. The minimum atomic E-state index is -1.07. The van der Waals surface area contributed by atoms with E-state index in [1.807, 2.05) is 48.5 Å². The van der Waals surface area contributed by atoms with E-state index in [0.29, 0.717) is 6.42 Å². The number of carboxylic acids is 1. The maximum Gasteiger partial charge on any atom is 0.118 e. The van der Waals surface area contributed by atoms with Crippen LogP contribution in [0.5, 0.6) is 5.75 Å². The second-order valence-corrected chi connectivity index (χ2v) is 6.13. The van der Waals surface area contributed by atoms with E-state index in [4.69, 9.17) is 4.74 Å². The number of aliphatic imine (C=N–C) groups is 1. The topological polar surface area (TPSA) is 61.7 Å². The van der Waals surface area contributed by atoms with Crippen LogP contribution in [0.4, 0.5) is 5.69 Å². The number of fused-ring (bicyclic) bond motifs is 1. The predicted molar refractivity (Wildman–Crippen MR) is 84.9 cm³/mol. The van der Waals surface area contributed by atoms with E-state index in [0.717, 1.165) is 27.6 Å². The van der Waals surface area contributed by atoms with Gasteiger partial charge < -0.3 is 14.6 Å². The molecule has 0 N–H and O–H groups in total. The molecule has 0 bridgehead atoms. The Hall–Kier alpha value is -2.27. The van der Waals surface area contributed by atoms with Crippen LogP contribution in [0, 0.1) is 0 Å². The first-order valence-electron chi connectivity index (χ1n) is 6.86. The lowest BCUT2D eigenvalue weighted by Crippen LogP contribution is -2.34. The minimum Gasteiger partial charge on any atom is -0.549 e. The molecule has 1 atom stereocenters. The molecule has 4 nitrogen and oxygen atoms in total. The molecule has 0 amide bonds. The third kappa shape index (κ3) is 2.99. The van der Waals surface area contributed by atoms with Gasteiger partial charge in [-0.05, 0) is 42.0 Å². The largest absolute Gasteiger partial charge is 0.549 e. The van der Waals surface area contributed by atoms with Crippen LogP contribution in [0.1, 0.15) is 12.0 Å². The van der Waals surface area contributed by atoms with E-state index in [1.54, 1.807) is 7.11 Å². The van der Waals surface area contributed by atoms with Gasteiger partial charge in [0, 0.05) is 17.0 Å². The molecule has 0 radical (unpaired) electrons. The summed E-state index contributed by atoms with van der Waals surface area (Å²) in [4.78, 5) is 16.9. The molecule has 5 heteroatoms. The number of carbonyl (C=O) groups is 1. The number of rotatable bonds is 3. The van der Waals surface area contributed by atoms with Gasteiger partial charge in [0.25, 0.3) is 0 Å². The summed E-state index contributed by atoms with van der Waals surface area (Å²) in [5.41, 5.74) is 2.43. The highest BCUT2D eigenvalue weighted by Crippen LogP contribution is 2.37. The number of carboxylic acid groups (broad SMARTS) is 1. The van der Waals surface area contributed by atoms with Gasteiger partial charge in [0.15, 0.2) is 0 Å². The van der Waals surface area contributed by atoms with Crippen molar-refractivity contribution >= 4 is 29.1 Å². The number of ether oxygens (including phenoxy) is 1. The Bertz CT molecular complexity index is 725. The Kier molecular flexibility index (Phi) is 4.15. The SMILES string of the molecule is COc1ccc(C2=Nc3ccccc3S[C@H](C(=O)[O-])C2)cc1. The fourth-order valence-corrected chi connectivity index (χ4v) is 3.34. The maximum atomic E-state index is 11.4. The number of carbonyl (C=O) groups excluding carboxylic acids is 1. The number of thioether (sulfide) groups is 1. The molecule has 2 aromatic rings. The van der Waals surface area contributed by atoms with Gasteiger partial charge in [0.1, 0.15) is 5.75 Å². The molecular weight excluding hydrogens is 298 g/mol. The molecule has 0 saturated carbocycles. The quantitative estimate of drug-likeness (QED) is 0.873. The van der Waals surface area contributed by atoms with Crippen molar-refractivity contribution in [3.05, 3.63) is 54.1 Å². The highest BCUT2D eigenvalue weighted by atomic mass is 32.2. The fourth-order valence-electron chi connectivity index (χ4n) is 2.31. The van der Waals surface area contributed by atoms with Crippen molar-refractivity contribution in [2.75, 3.05) is 7.11 Å². The zero-order valence-electron chi connectivity index (χ0n) is 12.0. The van der Waals surface area contributed by atoms with Gasteiger partial charge in [-0.1, -0.05) is 12.1 Å². The van der Waals surface area contributed by atoms with Gasteiger partial charge >= 0.3 is 0 Å². The summed E-state index contributed by atoms with van der Waals surface area (Å²) in [6.45, 7) is 0. The lowest BCUT2D eigenvalue weighted by molar-refractivity contribution is -0.304.